The van der Waals surface area contributed by atoms with Crippen LogP contribution in [0.5, 0.6) is 0 Å². The van der Waals surface area contributed by atoms with Crippen molar-refractivity contribution in [2.75, 3.05) is 7.11 Å². The van der Waals surface area contributed by atoms with Crippen LogP contribution in [0.15, 0.2) is 84.9 Å². The molecule has 31 heavy (non-hydrogen) atoms. The van der Waals surface area contributed by atoms with Gasteiger partial charge in [-0.05, 0) is 38.7 Å². The van der Waals surface area contributed by atoms with Gasteiger partial charge in [0.2, 0.25) is 5.91 Å². The number of amides is 2. The summed E-state index contributed by atoms with van der Waals surface area (Å²) in [5.74, 6) is -0.990. The molecule has 0 aliphatic heterocycles. The summed E-state index contributed by atoms with van der Waals surface area (Å²) in [7, 11) is 1.47. The molecule has 4 rings (SSSR count). The molecule has 0 heterocycles. The van der Waals surface area contributed by atoms with Gasteiger partial charge in [-0.3, -0.25) is 9.59 Å². The number of nitrogens with one attached hydrogen (secondary N) is 1. The standard InChI is InChI=1S/C26H24N2O3/c1-31-24(17-9-3-2-4-10-17)26(30)28-23(25(27)29)16-22-20-13-7-5-11-18(20)15-19-12-6-8-14-21(19)22/h2-15,23-24H,16H2,1H3,(H2,27,29)(H,28,30)/t23-,24-/m0/s1. The van der Waals surface area contributed by atoms with Gasteiger partial charge in [-0.25, -0.2) is 0 Å². The Morgan fingerprint density at radius 2 is 1.42 bits per heavy atom. The molecule has 0 unspecified atom stereocenters. The van der Waals surface area contributed by atoms with Gasteiger partial charge in [0.25, 0.3) is 5.91 Å². The number of ether oxygens (including phenoxy) is 1. The summed E-state index contributed by atoms with van der Waals surface area (Å²) in [5.41, 5.74) is 7.39. The van der Waals surface area contributed by atoms with E-state index < -0.39 is 24.0 Å². The summed E-state index contributed by atoms with van der Waals surface area (Å²) in [6, 6.07) is 26.5. The summed E-state index contributed by atoms with van der Waals surface area (Å²) in [5, 5.41) is 7.02. The van der Waals surface area contributed by atoms with Gasteiger partial charge in [0.15, 0.2) is 6.10 Å². The van der Waals surface area contributed by atoms with E-state index in [1.54, 1.807) is 0 Å². The molecule has 0 aromatic heterocycles. The topological polar surface area (TPSA) is 81.4 Å². The molecule has 4 aromatic rings. The first-order valence-electron chi connectivity index (χ1n) is 10.2. The molecule has 5 heteroatoms. The molecule has 0 bridgehead atoms. The van der Waals surface area contributed by atoms with Gasteiger partial charge in [0.05, 0.1) is 0 Å². The first kappa shape index (κ1) is 20.6. The van der Waals surface area contributed by atoms with Crippen molar-refractivity contribution in [2.24, 2.45) is 5.73 Å². The minimum Gasteiger partial charge on any atom is -0.368 e. The average Bonchev–Trinajstić information content (AvgIpc) is 2.79. The highest BCUT2D eigenvalue weighted by atomic mass is 16.5. The van der Waals surface area contributed by atoms with Crippen molar-refractivity contribution in [2.45, 2.75) is 18.6 Å². The number of carbonyl (C=O) groups excluding carboxylic acids is 2. The van der Waals surface area contributed by atoms with Crippen LogP contribution in [-0.4, -0.2) is 25.0 Å². The van der Waals surface area contributed by atoms with Crippen molar-refractivity contribution in [3.63, 3.8) is 0 Å². The summed E-state index contributed by atoms with van der Waals surface area (Å²) in [6.07, 6.45) is -0.541. The molecule has 0 radical (unpaired) electrons. The number of nitrogens with two attached hydrogens (primary N) is 1. The highest BCUT2D eigenvalue weighted by molar-refractivity contribution is 6.03. The maximum atomic E-state index is 13.0. The third-order valence-electron chi connectivity index (χ3n) is 5.53. The van der Waals surface area contributed by atoms with Crippen LogP contribution in [-0.2, 0) is 20.7 Å². The number of fused-ring (bicyclic) bond motifs is 2. The number of primary amides is 1. The Labute approximate surface area is 180 Å². The number of hydrogen-bond acceptors (Lipinski definition) is 3. The molecule has 0 spiro atoms. The van der Waals surface area contributed by atoms with Crippen LogP contribution < -0.4 is 11.1 Å². The predicted octanol–water partition coefficient (Wildman–Crippen LogP) is 3.89. The molecule has 3 N–H and O–H groups in total. The van der Waals surface area contributed by atoms with E-state index in [4.69, 9.17) is 10.5 Å². The van der Waals surface area contributed by atoms with Gasteiger partial charge in [-0.15, -0.1) is 0 Å². The summed E-state index contributed by atoms with van der Waals surface area (Å²) >= 11 is 0. The van der Waals surface area contributed by atoms with E-state index in [2.05, 4.69) is 11.4 Å². The zero-order chi connectivity index (χ0) is 21.8. The third kappa shape index (κ3) is 4.27. The fraction of sp³-hybridized carbons (Fsp3) is 0.154. The fourth-order valence-corrected chi connectivity index (χ4v) is 4.02. The van der Waals surface area contributed by atoms with E-state index in [9.17, 15) is 9.59 Å². The van der Waals surface area contributed by atoms with Gasteiger partial charge < -0.3 is 15.8 Å². The largest absolute Gasteiger partial charge is 0.368 e. The second-order valence-electron chi connectivity index (χ2n) is 7.49. The third-order valence-corrected chi connectivity index (χ3v) is 5.53. The van der Waals surface area contributed by atoms with E-state index in [0.29, 0.717) is 5.56 Å². The lowest BCUT2D eigenvalue weighted by atomic mass is 9.92. The first-order valence-corrected chi connectivity index (χ1v) is 10.2. The average molecular weight is 412 g/mol. The predicted molar refractivity (Wildman–Crippen MR) is 122 cm³/mol. The van der Waals surface area contributed by atoms with Crippen molar-refractivity contribution in [3.05, 3.63) is 96.1 Å². The SMILES string of the molecule is CO[C@H](C(=O)N[C@@H](Cc1c2ccccc2cc2ccccc12)C(N)=O)c1ccccc1. The van der Waals surface area contributed by atoms with Crippen molar-refractivity contribution in [1.29, 1.82) is 0 Å². The van der Waals surface area contributed by atoms with Crippen LogP contribution in [0.25, 0.3) is 21.5 Å². The number of benzene rings is 4. The molecule has 156 valence electrons. The Kier molecular flexibility index (Phi) is 5.96. The molecule has 0 fully saturated rings. The Balaban J connectivity index is 1.69. The number of methoxy groups -OCH3 is 1. The van der Waals surface area contributed by atoms with Crippen LogP contribution in [0.1, 0.15) is 17.2 Å². The summed E-state index contributed by atoms with van der Waals surface area (Å²) in [6.45, 7) is 0. The number of rotatable bonds is 7. The molecule has 0 saturated heterocycles. The maximum Gasteiger partial charge on any atom is 0.254 e. The van der Waals surface area contributed by atoms with Crippen LogP contribution >= 0.6 is 0 Å². The van der Waals surface area contributed by atoms with E-state index in [-0.39, 0.29) is 6.42 Å². The smallest absolute Gasteiger partial charge is 0.254 e. The second-order valence-corrected chi connectivity index (χ2v) is 7.49. The zero-order valence-corrected chi connectivity index (χ0v) is 17.2. The monoisotopic (exact) mass is 412 g/mol. The molecule has 0 aliphatic rings. The molecule has 2 amide bonds. The van der Waals surface area contributed by atoms with Crippen LogP contribution in [0.2, 0.25) is 0 Å². The molecular weight excluding hydrogens is 388 g/mol. The van der Waals surface area contributed by atoms with Gasteiger partial charge in [-0.1, -0.05) is 78.9 Å². The van der Waals surface area contributed by atoms with Crippen LogP contribution in [0.3, 0.4) is 0 Å². The Morgan fingerprint density at radius 1 is 0.871 bits per heavy atom. The van der Waals surface area contributed by atoms with Gasteiger partial charge >= 0.3 is 0 Å². The Bertz CT molecular complexity index is 1180. The number of carbonyl (C=O) groups is 2. The summed E-state index contributed by atoms with van der Waals surface area (Å²) < 4.78 is 5.41. The normalized spacial score (nSPS) is 13.1. The molecule has 5 nitrogen and oxygen atoms in total. The van der Waals surface area contributed by atoms with E-state index in [0.717, 1.165) is 27.1 Å². The molecule has 0 saturated carbocycles. The van der Waals surface area contributed by atoms with Crippen molar-refractivity contribution in [3.8, 4) is 0 Å². The lowest BCUT2D eigenvalue weighted by molar-refractivity contribution is -0.134. The highest BCUT2D eigenvalue weighted by Gasteiger charge is 2.26. The second kappa shape index (κ2) is 8.98. The molecular formula is C26H24N2O3. The summed E-state index contributed by atoms with van der Waals surface area (Å²) in [4.78, 5) is 25.3. The minimum absolute atomic E-state index is 0.286. The van der Waals surface area contributed by atoms with Crippen molar-refractivity contribution in [1.82, 2.24) is 5.32 Å². The van der Waals surface area contributed by atoms with Crippen molar-refractivity contribution >= 4 is 33.4 Å². The minimum atomic E-state index is -0.872. The van der Waals surface area contributed by atoms with Gasteiger partial charge in [0, 0.05) is 13.5 Å². The lowest BCUT2D eigenvalue weighted by Crippen LogP contribution is -2.47. The van der Waals surface area contributed by atoms with E-state index in [1.807, 2.05) is 78.9 Å². The zero-order valence-electron chi connectivity index (χ0n) is 17.2. The van der Waals surface area contributed by atoms with E-state index >= 15 is 0 Å². The highest BCUT2D eigenvalue weighted by Crippen LogP contribution is 2.29. The number of hydrogen-bond donors (Lipinski definition) is 2. The van der Waals surface area contributed by atoms with E-state index in [1.165, 1.54) is 7.11 Å². The lowest BCUT2D eigenvalue weighted by Gasteiger charge is -2.22. The van der Waals surface area contributed by atoms with Gasteiger partial charge in [-0.2, -0.15) is 0 Å². The molecule has 4 aromatic carbocycles. The Hall–Kier alpha value is -3.70. The quantitative estimate of drug-likeness (QED) is 0.452. The van der Waals surface area contributed by atoms with Crippen LogP contribution in [0.4, 0.5) is 0 Å². The van der Waals surface area contributed by atoms with Gasteiger partial charge in [0.1, 0.15) is 6.04 Å². The maximum absolute atomic E-state index is 13.0. The first-order chi connectivity index (χ1) is 15.1. The molecule has 2 atom stereocenters. The Morgan fingerprint density at radius 3 is 1.97 bits per heavy atom. The molecule has 0 aliphatic carbocycles. The fourth-order valence-electron chi connectivity index (χ4n) is 4.02. The van der Waals surface area contributed by atoms with Crippen LogP contribution in [0, 0.1) is 0 Å². The van der Waals surface area contributed by atoms with Crippen molar-refractivity contribution < 1.29 is 14.3 Å².